The molecule has 4 rings (SSSR count). The number of carbonyl (C=O) groups excluding carboxylic acids is 1. The molecular weight excluding hydrogens is 440 g/mol. The molecule has 0 bridgehead atoms. The second kappa shape index (κ2) is 8.92. The quantitative estimate of drug-likeness (QED) is 0.440. The molecule has 0 spiro atoms. The van der Waals surface area contributed by atoms with Gasteiger partial charge < -0.3 is 15.4 Å². The van der Waals surface area contributed by atoms with Gasteiger partial charge in [0.05, 0.1) is 52.3 Å². The van der Waals surface area contributed by atoms with Crippen LogP contribution in [0.2, 0.25) is 5.02 Å². The van der Waals surface area contributed by atoms with Crippen LogP contribution in [0.25, 0.3) is 16.2 Å². The summed E-state index contributed by atoms with van der Waals surface area (Å²) in [7, 11) is 1.63. The van der Waals surface area contributed by atoms with Crippen molar-refractivity contribution in [3.05, 3.63) is 46.4 Å². The summed E-state index contributed by atoms with van der Waals surface area (Å²) < 4.78 is 5.63. The van der Waals surface area contributed by atoms with Gasteiger partial charge in [-0.1, -0.05) is 29.9 Å². The molecular formula is C19H19ClN8O2S. The maximum Gasteiger partial charge on any atom is 0.323 e. The van der Waals surface area contributed by atoms with Crippen LogP contribution in [0.1, 0.15) is 30.0 Å². The maximum atomic E-state index is 12.7. The first-order chi connectivity index (χ1) is 15.0. The molecule has 160 valence electrons. The van der Waals surface area contributed by atoms with E-state index in [1.54, 1.807) is 19.4 Å². The summed E-state index contributed by atoms with van der Waals surface area (Å²) in [5.41, 5.74) is 2.47. The number of hydrogen-bond donors (Lipinski definition) is 2. The zero-order chi connectivity index (χ0) is 22.0. The molecule has 4 heterocycles. The Bertz CT molecular complexity index is 1220. The molecule has 10 nitrogen and oxygen atoms in total. The standard InChI is InChI=1S/C19H19ClN8O2S/c1-4-14(30-3)15-13(9-22-18-16(15)25-10(2)31-18)27-19(29)26-11-7-12(20)17(21-8-11)28-23-5-6-24-28/h5-9,14H,4H2,1-3H3,(H2,26,27,29). The SMILES string of the molecule is CCC(OC)c1c(NC(=O)Nc2cnc(-n3nccn3)c(Cl)c2)cnc2sc(C)nc12. The van der Waals surface area contributed by atoms with Gasteiger partial charge in [-0.2, -0.15) is 10.2 Å². The van der Waals surface area contributed by atoms with Gasteiger partial charge >= 0.3 is 6.03 Å². The van der Waals surface area contributed by atoms with E-state index >= 15 is 0 Å². The van der Waals surface area contributed by atoms with E-state index in [-0.39, 0.29) is 6.10 Å². The molecule has 2 amide bonds. The van der Waals surface area contributed by atoms with Crippen molar-refractivity contribution in [2.75, 3.05) is 17.7 Å². The van der Waals surface area contributed by atoms with Crippen LogP contribution in [-0.2, 0) is 4.74 Å². The lowest BCUT2D eigenvalue weighted by Crippen LogP contribution is -2.21. The zero-order valence-corrected chi connectivity index (χ0v) is 18.5. The Hall–Kier alpha value is -3.15. The van der Waals surface area contributed by atoms with E-state index in [1.165, 1.54) is 34.7 Å². The molecule has 12 heteroatoms. The van der Waals surface area contributed by atoms with Crippen molar-refractivity contribution in [3.8, 4) is 5.82 Å². The summed E-state index contributed by atoms with van der Waals surface area (Å²) in [5, 5.41) is 14.7. The largest absolute Gasteiger partial charge is 0.377 e. The van der Waals surface area contributed by atoms with Crippen molar-refractivity contribution in [2.24, 2.45) is 0 Å². The number of carbonyl (C=O) groups is 1. The Morgan fingerprint density at radius 2 is 2.03 bits per heavy atom. The first-order valence-electron chi connectivity index (χ1n) is 9.39. The molecule has 0 radical (unpaired) electrons. The van der Waals surface area contributed by atoms with Crippen LogP contribution in [-0.4, -0.2) is 43.1 Å². The average Bonchev–Trinajstić information content (AvgIpc) is 3.39. The Morgan fingerprint density at radius 3 is 2.71 bits per heavy atom. The Morgan fingerprint density at radius 1 is 1.26 bits per heavy atom. The summed E-state index contributed by atoms with van der Waals surface area (Å²) >= 11 is 7.76. The third kappa shape index (κ3) is 4.33. The monoisotopic (exact) mass is 458 g/mol. The first kappa shape index (κ1) is 21.1. The number of anilines is 2. The average molecular weight is 459 g/mol. The third-order valence-electron chi connectivity index (χ3n) is 4.49. The zero-order valence-electron chi connectivity index (χ0n) is 17.0. The number of rotatable bonds is 6. The van der Waals surface area contributed by atoms with Crippen LogP contribution in [0.4, 0.5) is 16.2 Å². The molecule has 1 unspecified atom stereocenters. The number of amides is 2. The molecule has 1 atom stereocenters. The summed E-state index contributed by atoms with van der Waals surface area (Å²) in [6, 6.07) is 1.10. The first-order valence-corrected chi connectivity index (χ1v) is 10.6. The van der Waals surface area contributed by atoms with Crippen molar-refractivity contribution in [2.45, 2.75) is 26.4 Å². The van der Waals surface area contributed by atoms with Crippen molar-refractivity contribution < 1.29 is 9.53 Å². The fourth-order valence-electron chi connectivity index (χ4n) is 3.17. The number of urea groups is 1. The molecule has 0 aromatic carbocycles. The molecule has 0 saturated carbocycles. The number of ether oxygens (including phenoxy) is 1. The number of pyridine rings is 2. The summed E-state index contributed by atoms with van der Waals surface area (Å²) in [5.74, 6) is 0.361. The molecule has 2 N–H and O–H groups in total. The predicted octanol–water partition coefficient (Wildman–Crippen LogP) is 4.37. The van der Waals surface area contributed by atoms with Gasteiger partial charge in [0, 0.05) is 12.7 Å². The lowest BCUT2D eigenvalue weighted by Gasteiger charge is -2.18. The Balaban J connectivity index is 1.58. The van der Waals surface area contributed by atoms with Gasteiger partial charge in [0.2, 0.25) is 0 Å². The minimum Gasteiger partial charge on any atom is -0.377 e. The van der Waals surface area contributed by atoms with Crippen LogP contribution in [0.15, 0.2) is 30.9 Å². The lowest BCUT2D eigenvalue weighted by molar-refractivity contribution is 0.102. The smallest absolute Gasteiger partial charge is 0.323 e. The van der Waals surface area contributed by atoms with E-state index < -0.39 is 6.03 Å². The number of fused-ring (bicyclic) bond motifs is 1. The fraction of sp³-hybridized carbons (Fsp3) is 0.263. The molecule has 0 aliphatic heterocycles. The number of nitrogens with zero attached hydrogens (tertiary/aromatic N) is 6. The van der Waals surface area contributed by atoms with Gasteiger partial charge in [-0.05, 0) is 19.4 Å². The molecule has 4 aromatic rings. The molecule has 0 aliphatic carbocycles. The van der Waals surface area contributed by atoms with Crippen molar-refractivity contribution >= 4 is 50.7 Å². The second-order valence-electron chi connectivity index (χ2n) is 6.53. The van der Waals surface area contributed by atoms with E-state index in [2.05, 4.69) is 35.8 Å². The van der Waals surface area contributed by atoms with Crippen LogP contribution in [0, 0.1) is 6.92 Å². The van der Waals surface area contributed by atoms with Gasteiger partial charge in [-0.15, -0.1) is 4.80 Å². The van der Waals surface area contributed by atoms with Crippen molar-refractivity contribution in [3.63, 3.8) is 0 Å². The van der Waals surface area contributed by atoms with Gasteiger partial charge in [0.25, 0.3) is 0 Å². The number of aromatic nitrogens is 6. The number of hydrogen-bond acceptors (Lipinski definition) is 8. The van der Waals surface area contributed by atoms with E-state index in [0.29, 0.717) is 28.6 Å². The second-order valence-corrected chi connectivity index (χ2v) is 8.12. The third-order valence-corrected chi connectivity index (χ3v) is 5.64. The molecule has 0 fully saturated rings. The van der Waals surface area contributed by atoms with Crippen molar-refractivity contribution in [1.82, 2.24) is 29.9 Å². The molecule has 0 aliphatic rings. The number of aryl methyl sites for hydroxylation is 1. The molecule has 4 aromatic heterocycles. The van der Waals surface area contributed by atoms with Crippen LogP contribution < -0.4 is 10.6 Å². The minimum atomic E-state index is -0.469. The van der Waals surface area contributed by atoms with E-state index in [1.807, 2.05) is 13.8 Å². The maximum absolute atomic E-state index is 12.7. The van der Waals surface area contributed by atoms with E-state index in [0.717, 1.165) is 20.9 Å². The Kier molecular flexibility index (Phi) is 6.07. The number of halogens is 1. The summed E-state index contributed by atoms with van der Waals surface area (Å²) in [4.78, 5) is 28.0. The van der Waals surface area contributed by atoms with E-state index in [4.69, 9.17) is 16.3 Å². The van der Waals surface area contributed by atoms with Crippen LogP contribution in [0.5, 0.6) is 0 Å². The van der Waals surface area contributed by atoms with Gasteiger partial charge in [0.1, 0.15) is 10.3 Å². The summed E-state index contributed by atoms with van der Waals surface area (Å²) in [6.07, 6.45) is 6.61. The normalized spacial score (nSPS) is 12.1. The molecule has 0 saturated heterocycles. The highest BCUT2D eigenvalue weighted by Crippen LogP contribution is 2.35. The highest BCUT2D eigenvalue weighted by molar-refractivity contribution is 7.18. The van der Waals surface area contributed by atoms with Crippen LogP contribution >= 0.6 is 22.9 Å². The summed E-state index contributed by atoms with van der Waals surface area (Å²) in [6.45, 7) is 3.93. The number of thiazole rings is 1. The van der Waals surface area contributed by atoms with Gasteiger partial charge in [-0.3, -0.25) is 0 Å². The van der Waals surface area contributed by atoms with E-state index in [9.17, 15) is 4.79 Å². The minimum absolute atomic E-state index is 0.237. The number of methoxy groups -OCH3 is 1. The topological polar surface area (TPSA) is 120 Å². The van der Waals surface area contributed by atoms with Crippen LogP contribution in [0.3, 0.4) is 0 Å². The highest BCUT2D eigenvalue weighted by Gasteiger charge is 2.21. The lowest BCUT2D eigenvalue weighted by atomic mass is 10.1. The predicted molar refractivity (Wildman–Crippen MR) is 119 cm³/mol. The van der Waals surface area contributed by atoms with Crippen molar-refractivity contribution in [1.29, 1.82) is 0 Å². The highest BCUT2D eigenvalue weighted by atomic mass is 35.5. The number of nitrogens with one attached hydrogen (secondary N) is 2. The fourth-order valence-corrected chi connectivity index (χ4v) is 4.19. The molecule has 31 heavy (non-hydrogen) atoms. The Labute approximate surface area is 186 Å². The van der Waals surface area contributed by atoms with Gasteiger partial charge in [-0.25, -0.2) is 19.7 Å². The van der Waals surface area contributed by atoms with Gasteiger partial charge in [0.15, 0.2) is 5.82 Å².